The summed E-state index contributed by atoms with van der Waals surface area (Å²) in [6.45, 7) is 8.62. The molecule has 0 radical (unpaired) electrons. The second-order valence-corrected chi connectivity index (χ2v) is 13.2. The van der Waals surface area contributed by atoms with Crippen LogP contribution in [0, 0.1) is 16.6 Å². The second kappa shape index (κ2) is 11.0. The number of rotatable bonds is 8. The molecule has 0 spiro atoms. The van der Waals surface area contributed by atoms with E-state index >= 15 is 0 Å². The molecule has 0 saturated heterocycles. The van der Waals surface area contributed by atoms with Crippen LogP contribution in [0.2, 0.25) is 0 Å². The van der Waals surface area contributed by atoms with E-state index in [1.54, 1.807) is 18.2 Å². The summed E-state index contributed by atoms with van der Waals surface area (Å²) in [5.41, 5.74) is 3.74. The maximum Gasteiger partial charge on any atom is 0.305 e. The van der Waals surface area contributed by atoms with E-state index < -0.39 is 11.9 Å². The number of Topliss-reactive ketones (excluding diaryl/α,β-unsaturated/α-hetero) is 2. The van der Waals surface area contributed by atoms with Crippen LogP contribution in [0.4, 0.5) is 4.39 Å². The van der Waals surface area contributed by atoms with E-state index in [4.69, 9.17) is 9.47 Å². The van der Waals surface area contributed by atoms with E-state index in [-0.39, 0.29) is 47.8 Å². The molecule has 1 heterocycles. The fourth-order valence-electron chi connectivity index (χ4n) is 6.58. The molecule has 5 rings (SSSR count). The molecule has 0 fully saturated rings. The van der Waals surface area contributed by atoms with Gasteiger partial charge in [0.25, 0.3) is 0 Å². The quantitative estimate of drug-likeness (QED) is 0.380. The summed E-state index contributed by atoms with van der Waals surface area (Å²) < 4.78 is 25.0. The van der Waals surface area contributed by atoms with E-state index in [0.29, 0.717) is 48.3 Å². The lowest BCUT2D eigenvalue weighted by molar-refractivity contribution is -0.137. The number of carboxylic acids is 1. The standard InChI is InChI=1S/C34H38FNO6/c1-33(2)15-23-31(25(37)17-33)30(32-24(36(23)13-12-29(39)40)16-34(3,4)18-26(32)38)21-8-11-27(28(14-21)41-5)42-19-20-6-9-22(35)10-7-20/h6-11,14,30H,12-13,15-19H2,1-5H3,(H,39,40). The molecule has 0 unspecified atom stereocenters. The van der Waals surface area contributed by atoms with Gasteiger partial charge in [0.15, 0.2) is 23.1 Å². The Balaban J connectivity index is 1.62. The molecule has 2 aromatic carbocycles. The van der Waals surface area contributed by atoms with Crippen LogP contribution in [0.5, 0.6) is 11.5 Å². The summed E-state index contributed by atoms with van der Waals surface area (Å²) in [7, 11) is 1.54. The SMILES string of the molecule is COc1cc(C2C3=C(CC(C)(C)CC3=O)N(CCC(=O)O)C3=C2C(=O)CC(C)(C)C3)ccc1OCc1ccc(F)cc1. The Kier molecular flexibility index (Phi) is 7.77. The number of hydrogen-bond donors (Lipinski definition) is 1. The van der Waals surface area contributed by atoms with Gasteiger partial charge in [-0.25, -0.2) is 4.39 Å². The first kappa shape index (κ1) is 29.5. The largest absolute Gasteiger partial charge is 0.493 e. The lowest BCUT2D eigenvalue weighted by Crippen LogP contribution is -2.45. The molecule has 2 aromatic rings. The van der Waals surface area contributed by atoms with Crippen LogP contribution in [0.3, 0.4) is 0 Å². The van der Waals surface area contributed by atoms with Gasteiger partial charge in [-0.15, -0.1) is 0 Å². The van der Waals surface area contributed by atoms with Crippen molar-refractivity contribution in [2.45, 2.75) is 72.3 Å². The summed E-state index contributed by atoms with van der Waals surface area (Å²) in [6.07, 6.45) is 1.79. The van der Waals surface area contributed by atoms with Crippen molar-refractivity contribution in [2.75, 3.05) is 13.7 Å². The van der Waals surface area contributed by atoms with Crippen molar-refractivity contribution >= 4 is 17.5 Å². The third-order valence-corrected chi connectivity index (χ3v) is 8.40. The summed E-state index contributed by atoms with van der Waals surface area (Å²) in [6, 6.07) is 11.5. The Hall–Kier alpha value is -3.94. The first-order valence-corrected chi connectivity index (χ1v) is 14.4. The molecule has 0 aromatic heterocycles. The Labute approximate surface area is 246 Å². The van der Waals surface area contributed by atoms with Gasteiger partial charge in [0.2, 0.25) is 0 Å². The van der Waals surface area contributed by atoms with Gasteiger partial charge in [0.05, 0.1) is 13.5 Å². The Morgan fingerprint density at radius 1 is 0.905 bits per heavy atom. The summed E-state index contributed by atoms with van der Waals surface area (Å²) in [4.78, 5) is 41.4. The lowest BCUT2D eigenvalue weighted by atomic mass is 9.63. The molecule has 0 amide bonds. The maximum absolute atomic E-state index is 13.9. The molecule has 0 bridgehead atoms. The molecule has 8 heteroatoms. The van der Waals surface area contributed by atoms with E-state index in [1.165, 1.54) is 19.2 Å². The molecule has 222 valence electrons. The highest BCUT2D eigenvalue weighted by atomic mass is 19.1. The fraction of sp³-hybridized carbons (Fsp3) is 0.441. The van der Waals surface area contributed by atoms with Crippen LogP contribution in [0.25, 0.3) is 0 Å². The molecule has 1 N–H and O–H groups in total. The minimum absolute atomic E-state index is 0.0219. The number of halogens is 1. The normalized spacial score (nSPS) is 19.9. The number of ketones is 2. The number of ether oxygens (including phenoxy) is 2. The van der Waals surface area contributed by atoms with Crippen LogP contribution >= 0.6 is 0 Å². The molecular formula is C34H38FNO6. The number of allylic oxidation sites excluding steroid dienone is 4. The average Bonchev–Trinajstić information content (AvgIpc) is 2.89. The first-order chi connectivity index (χ1) is 19.8. The van der Waals surface area contributed by atoms with Crippen LogP contribution in [0.1, 0.15) is 76.8 Å². The number of benzene rings is 2. The topological polar surface area (TPSA) is 93.1 Å². The zero-order valence-electron chi connectivity index (χ0n) is 24.9. The number of methoxy groups -OCH3 is 1. The monoisotopic (exact) mass is 575 g/mol. The molecule has 0 saturated carbocycles. The predicted molar refractivity (Wildman–Crippen MR) is 156 cm³/mol. The Bertz CT molecular complexity index is 1450. The highest BCUT2D eigenvalue weighted by Gasteiger charge is 2.49. The minimum Gasteiger partial charge on any atom is -0.493 e. The van der Waals surface area contributed by atoms with E-state index in [0.717, 1.165) is 22.5 Å². The molecular weight excluding hydrogens is 537 g/mol. The van der Waals surface area contributed by atoms with E-state index in [9.17, 15) is 23.9 Å². The Morgan fingerprint density at radius 2 is 1.48 bits per heavy atom. The minimum atomic E-state index is -0.926. The molecule has 1 aliphatic heterocycles. The van der Waals surface area contributed by atoms with Crippen molar-refractivity contribution in [1.82, 2.24) is 4.90 Å². The summed E-state index contributed by atoms with van der Waals surface area (Å²) in [5.74, 6) is -0.927. The van der Waals surface area contributed by atoms with Crippen LogP contribution in [-0.2, 0) is 21.0 Å². The van der Waals surface area contributed by atoms with Gasteiger partial charge in [-0.3, -0.25) is 14.4 Å². The van der Waals surface area contributed by atoms with Gasteiger partial charge in [0.1, 0.15) is 12.4 Å². The number of hydrogen-bond acceptors (Lipinski definition) is 6. The van der Waals surface area contributed by atoms with Crippen molar-refractivity contribution in [3.05, 3.63) is 81.9 Å². The predicted octanol–water partition coefficient (Wildman–Crippen LogP) is 6.57. The molecule has 7 nitrogen and oxygen atoms in total. The van der Waals surface area contributed by atoms with Crippen molar-refractivity contribution < 1.29 is 33.4 Å². The summed E-state index contributed by atoms with van der Waals surface area (Å²) in [5, 5.41) is 9.55. The van der Waals surface area contributed by atoms with Gasteiger partial charge >= 0.3 is 5.97 Å². The second-order valence-electron chi connectivity index (χ2n) is 13.2. The van der Waals surface area contributed by atoms with E-state index in [1.807, 2.05) is 17.0 Å². The highest BCUT2D eigenvalue weighted by molar-refractivity contribution is 6.06. The molecule has 0 atom stereocenters. The maximum atomic E-state index is 13.9. The number of carbonyl (C=O) groups excluding carboxylic acids is 2. The third kappa shape index (κ3) is 5.85. The van der Waals surface area contributed by atoms with Crippen molar-refractivity contribution in [1.29, 1.82) is 0 Å². The van der Waals surface area contributed by atoms with Crippen molar-refractivity contribution in [3.8, 4) is 11.5 Å². The Morgan fingerprint density at radius 3 is 2.00 bits per heavy atom. The summed E-state index contributed by atoms with van der Waals surface area (Å²) >= 11 is 0. The average molecular weight is 576 g/mol. The van der Waals surface area contributed by atoms with Crippen molar-refractivity contribution in [2.24, 2.45) is 10.8 Å². The number of carbonyl (C=O) groups is 3. The van der Waals surface area contributed by atoms with Gasteiger partial charge < -0.3 is 19.5 Å². The first-order valence-electron chi connectivity index (χ1n) is 14.4. The smallest absolute Gasteiger partial charge is 0.305 e. The highest BCUT2D eigenvalue weighted by Crippen LogP contribution is 2.55. The number of nitrogens with zero attached hydrogens (tertiary/aromatic N) is 1. The van der Waals surface area contributed by atoms with Gasteiger partial charge in [-0.05, 0) is 59.1 Å². The fourth-order valence-corrected chi connectivity index (χ4v) is 6.58. The lowest BCUT2D eigenvalue weighted by Gasteiger charge is -2.49. The van der Waals surface area contributed by atoms with Gasteiger partial charge in [-0.2, -0.15) is 0 Å². The van der Waals surface area contributed by atoms with Crippen LogP contribution in [0.15, 0.2) is 65.0 Å². The van der Waals surface area contributed by atoms with Gasteiger partial charge in [-0.1, -0.05) is 45.9 Å². The van der Waals surface area contributed by atoms with E-state index in [2.05, 4.69) is 27.7 Å². The van der Waals surface area contributed by atoms with Crippen LogP contribution < -0.4 is 9.47 Å². The molecule has 2 aliphatic carbocycles. The number of carboxylic acid groups (broad SMARTS) is 1. The third-order valence-electron chi connectivity index (χ3n) is 8.40. The molecule has 3 aliphatic rings. The van der Waals surface area contributed by atoms with Crippen LogP contribution in [-0.4, -0.2) is 41.2 Å². The van der Waals surface area contributed by atoms with Gasteiger partial charge in [0, 0.05) is 47.8 Å². The zero-order valence-corrected chi connectivity index (χ0v) is 24.9. The van der Waals surface area contributed by atoms with Crippen molar-refractivity contribution in [3.63, 3.8) is 0 Å². The molecule has 42 heavy (non-hydrogen) atoms. The number of aliphatic carboxylic acids is 1. The zero-order chi connectivity index (χ0) is 30.4.